The van der Waals surface area contributed by atoms with E-state index in [0.29, 0.717) is 18.5 Å². The van der Waals surface area contributed by atoms with Crippen molar-refractivity contribution in [2.24, 2.45) is 22.9 Å². The predicted octanol–water partition coefficient (Wildman–Crippen LogP) is 3.70. The van der Waals surface area contributed by atoms with Crippen molar-refractivity contribution in [3.05, 3.63) is 47.8 Å². The Balaban J connectivity index is 3.22. The van der Waals surface area contributed by atoms with Gasteiger partial charge >= 0.3 is 11.9 Å². The van der Waals surface area contributed by atoms with E-state index in [-0.39, 0.29) is 35.6 Å². The Morgan fingerprint density at radius 3 is 2.16 bits per heavy atom. The second-order valence-electron chi connectivity index (χ2n) is 9.24. The Morgan fingerprint density at radius 1 is 1.06 bits per heavy atom. The van der Waals surface area contributed by atoms with Crippen molar-refractivity contribution in [2.75, 3.05) is 14.2 Å². The fourth-order valence-electron chi connectivity index (χ4n) is 3.60. The van der Waals surface area contributed by atoms with E-state index in [4.69, 9.17) is 16.3 Å². The molecule has 1 rings (SSSR count). The molecule has 31 heavy (non-hydrogen) atoms. The summed E-state index contributed by atoms with van der Waals surface area (Å²) < 4.78 is 9.66. The summed E-state index contributed by atoms with van der Waals surface area (Å²) in [5.41, 5.74) is 6.85. The van der Waals surface area contributed by atoms with Crippen LogP contribution in [0.1, 0.15) is 65.4 Å². The van der Waals surface area contributed by atoms with Crippen LogP contribution >= 0.6 is 0 Å². The first-order valence-electron chi connectivity index (χ1n) is 10.6. The van der Waals surface area contributed by atoms with Gasteiger partial charge in [0.05, 0.1) is 32.1 Å². The quantitative estimate of drug-likeness (QED) is 0.311. The van der Waals surface area contributed by atoms with Gasteiger partial charge in [-0.2, -0.15) is 0 Å². The lowest BCUT2D eigenvalue weighted by Gasteiger charge is -2.45. The van der Waals surface area contributed by atoms with Gasteiger partial charge in [0.25, 0.3) is 0 Å². The number of rotatable bonds is 11. The highest BCUT2D eigenvalue weighted by Crippen LogP contribution is 2.44. The molecule has 7 nitrogen and oxygen atoms in total. The van der Waals surface area contributed by atoms with Crippen LogP contribution in [0.2, 0.25) is 0 Å². The molecule has 1 aromatic carbocycles. The third-order valence-electron chi connectivity index (χ3n) is 6.33. The minimum absolute atomic E-state index is 0.00883. The Kier molecular flexibility index (Phi) is 9.56. The van der Waals surface area contributed by atoms with Crippen LogP contribution in [0.5, 0.6) is 0 Å². The molecule has 0 fully saturated rings. The molecule has 0 heterocycles. The zero-order valence-corrected chi connectivity index (χ0v) is 20.0. The third-order valence-corrected chi connectivity index (χ3v) is 6.33. The van der Waals surface area contributed by atoms with Gasteiger partial charge in [-0.25, -0.2) is 5.84 Å². The van der Waals surface area contributed by atoms with Crippen molar-refractivity contribution in [1.82, 2.24) is 5.01 Å². The Morgan fingerprint density at radius 2 is 1.65 bits per heavy atom. The second-order valence-corrected chi connectivity index (χ2v) is 9.24. The average molecular weight is 434 g/mol. The SMILES string of the molecule is COC(=O)CC/C(N)=C/N(N)C(C)(C)C(CC(C)(C)C(C)C(=O)OC)c1ccccc1. The molecule has 0 radical (unpaired) electrons. The van der Waals surface area contributed by atoms with Crippen molar-refractivity contribution in [3.8, 4) is 0 Å². The lowest BCUT2D eigenvalue weighted by molar-refractivity contribution is -0.149. The van der Waals surface area contributed by atoms with Crippen molar-refractivity contribution < 1.29 is 19.1 Å². The molecule has 0 aliphatic rings. The molecule has 0 bridgehead atoms. The van der Waals surface area contributed by atoms with Crippen LogP contribution in [0.15, 0.2) is 42.2 Å². The van der Waals surface area contributed by atoms with E-state index in [1.54, 1.807) is 11.2 Å². The van der Waals surface area contributed by atoms with Gasteiger partial charge in [-0.15, -0.1) is 0 Å². The first kappa shape index (κ1) is 26.5. The molecule has 2 unspecified atom stereocenters. The number of nitrogens with two attached hydrogens (primary N) is 2. The van der Waals surface area contributed by atoms with E-state index in [2.05, 4.69) is 30.7 Å². The van der Waals surface area contributed by atoms with Crippen LogP contribution in [0.25, 0.3) is 0 Å². The van der Waals surface area contributed by atoms with Gasteiger partial charge in [0.1, 0.15) is 0 Å². The van der Waals surface area contributed by atoms with Gasteiger partial charge in [0.2, 0.25) is 0 Å². The topological polar surface area (TPSA) is 108 Å². The number of benzene rings is 1. The van der Waals surface area contributed by atoms with Gasteiger partial charge in [0, 0.05) is 17.8 Å². The lowest BCUT2D eigenvalue weighted by atomic mass is 9.67. The van der Waals surface area contributed by atoms with Gasteiger partial charge in [-0.05, 0) is 37.7 Å². The molecule has 0 aliphatic heterocycles. The number of hydrogen-bond donors (Lipinski definition) is 2. The molecule has 2 atom stereocenters. The average Bonchev–Trinajstić information content (AvgIpc) is 2.74. The molecule has 0 aliphatic carbocycles. The van der Waals surface area contributed by atoms with Crippen LogP contribution in [-0.4, -0.2) is 36.7 Å². The zero-order valence-electron chi connectivity index (χ0n) is 20.0. The normalized spacial score (nSPS) is 14.5. The maximum atomic E-state index is 12.2. The summed E-state index contributed by atoms with van der Waals surface area (Å²) in [6, 6.07) is 10.1. The highest BCUT2D eigenvalue weighted by atomic mass is 16.5. The number of ether oxygens (including phenoxy) is 2. The predicted molar refractivity (Wildman–Crippen MR) is 122 cm³/mol. The lowest BCUT2D eigenvalue weighted by Crippen LogP contribution is -2.51. The summed E-state index contributed by atoms with van der Waals surface area (Å²) in [4.78, 5) is 23.6. The number of hydrogen-bond acceptors (Lipinski definition) is 7. The highest BCUT2D eigenvalue weighted by Gasteiger charge is 2.41. The Labute approximate surface area is 186 Å². The second kappa shape index (κ2) is 11.2. The smallest absolute Gasteiger partial charge is 0.308 e. The van der Waals surface area contributed by atoms with E-state index in [9.17, 15) is 9.59 Å². The molecular formula is C24H39N3O4. The Hall–Kier alpha value is -2.54. The van der Waals surface area contributed by atoms with Crippen LogP contribution in [0, 0.1) is 11.3 Å². The van der Waals surface area contributed by atoms with Crippen molar-refractivity contribution in [3.63, 3.8) is 0 Å². The number of hydrazine groups is 1. The van der Waals surface area contributed by atoms with E-state index in [1.165, 1.54) is 14.2 Å². The molecule has 4 N–H and O–H groups in total. The molecule has 0 saturated carbocycles. The number of carbonyl (C=O) groups excluding carboxylic acids is 2. The number of methoxy groups -OCH3 is 2. The summed E-state index contributed by atoms with van der Waals surface area (Å²) in [5.74, 6) is 5.64. The monoisotopic (exact) mass is 433 g/mol. The van der Waals surface area contributed by atoms with Gasteiger partial charge in [-0.3, -0.25) is 9.59 Å². The van der Waals surface area contributed by atoms with Crippen molar-refractivity contribution >= 4 is 11.9 Å². The molecule has 0 saturated heterocycles. The van der Waals surface area contributed by atoms with Crippen molar-refractivity contribution in [1.29, 1.82) is 0 Å². The Bertz CT molecular complexity index is 759. The number of esters is 2. The van der Waals surface area contributed by atoms with Crippen LogP contribution in [0.3, 0.4) is 0 Å². The van der Waals surface area contributed by atoms with Crippen LogP contribution in [-0.2, 0) is 19.1 Å². The fourth-order valence-corrected chi connectivity index (χ4v) is 3.60. The molecule has 174 valence electrons. The molecule has 0 spiro atoms. The minimum atomic E-state index is -0.537. The standard InChI is InChI=1S/C24H39N3O4/c1-17(22(29)31-7)23(2,3)15-20(18-11-9-8-10-12-18)24(4,5)27(26)16-19(25)13-14-21(28)30-6/h8-12,16-17,20H,13-15,25-26H2,1-7H3/b19-16-. The molecule has 0 amide bonds. The van der Waals surface area contributed by atoms with Crippen LogP contribution < -0.4 is 11.6 Å². The van der Waals surface area contributed by atoms with E-state index in [0.717, 1.165) is 5.56 Å². The minimum Gasteiger partial charge on any atom is -0.469 e. The summed E-state index contributed by atoms with van der Waals surface area (Å²) in [5, 5.41) is 1.61. The molecule has 0 aromatic heterocycles. The maximum absolute atomic E-state index is 12.2. The summed E-state index contributed by atoms with van der Waals surface area (Å²) >= 11 is 0. The number of allylic oxidation sites excluding steroid dienone is 1. The largest absolute Gasteiger partial charge is 0.469 e. The summed E-state index contributed by atoms with van der Waals surface area (Å²) in [7, 11) is 2.76. The van der Waals surface area contributed by atoms with Crippen molar-refractivity contribution in [2.45, 2.75) is 65.3 Å². The fraction of sp³-hybridized carbons (Fsp3) is 0.583. The first-order valence-corrected chi connectivity index (χ1v) is 10.6. The van der Waals surface area contributed by atoms with Gasteiger partial charge in [0.15, 0.2) is 0 Å². The van der Waals surface area contributed by atoms with E-state index in [1.807, 2.05) is 39.0 Å². The van der Waals surface area contributed by atoms with Gasteiger partial charge < -0.3 is 20.2 Å². The number of nitrogens with zero attached hydrogens (tertiary/aromatic N) is 1. The summed E-state index contributed by atoms with van der Waals surface area (Å²) in [6.45, 7) is 10.1. The van der Waals surface area contributed by atoms with Crippen LogP contribution in [0.4, 0.5) is 0 Å². The first-order chi connectivity index (χ1) is 14.4. The molecule has 1 aromatic rings. The number of carbonyl (C=O) groups is 2. The summed E-state index contributed by atoms with van der Waals surface area (Å²) in [6.07, 6.45) is 2.93. The maximum Gasteiger partial charge on any atom is 0.308 e. The molecule has 7 heteroatoms. The van der Waals surface area contributed by atoms with Gasteiger partial charge in [-0.1, -0.05) is 51.1 Å². The highest BCUT2D eigenvalue weighted by molar-refractivity contribution is 5.72. The van der Waals surface area contributed by atoms with E-state index >= 15 is 0 Å². The molecular weight excluding hydrogens is 394 g/mol. The third kappa shape index (κ3) is 7.28. The zero-order chi connectivity index (χ0) is 23.8. The van der Waals surface area contributed by atoms with E-state index < -0.39 is 5.54 Å².